The highest BCUT2D eigenvalue weighted by Crippen LogP contribution is 2.27. The van der Waals surface area contributed by atoms with Gasteiger partial charge >= 0.3 is 0 Å². The van der Waals surface area contributed by atoms with Crippen molar-refractivity contribution in [2.24, 2.45) is 11.8 Å². The fourth-order valence-electron chi connectivity index (χ4n) is 1.80. The van der Waals surface area contributed by atoms with Gasteiger partial charge in [0.25, 0.3) is 0 Å². The Labute approximate surface area is 70.0 Å². The van der Waals surface area contributed by atoms with E-state index in [1.807, 2.05) is 0 Å². The molecule has 0 aromatic carbocycles. The lowest BCUT2D eigenvalue weighted by Gasteiger charge is -2.22. The Balaban J connectivity index is 2.37. The maximum Gasteiger partial charge on any atom is -0.0233 e. The monoisotopic (exact) mass is 150 g/mol. The molecule has 11 heavy (non-hydrogen) atoms. The van der Waals surface area contributed by atoms with Crippen molar-refractivity contribution >= 4 is 0 Å². The third-order valence-electron chi connectivity index (χ3n) is 2.54. The zero-order valence-corrected chi connectivity index (χ0v) is 7.42. The minimum atomic E-state index is 0.841. The van der Waals surface area contributed by atoms with Crippen LogP contribution in [0.15, 0.2) is 24.8 Å². The molecule has 0 aromatic rings. The van der Waals surface area contributed by atoms with Crippen molar-refractivity contribution in [1.82, 2.24) is 0 Å². The third kappa shape index (κ3) is 2.53. The van der Waals surface area contributed by atoms with Crippen LogP contribution in [0.5, 0.6) is 0 Å². The van der Waals surface area contributed by atoms with E-state index >= 15 is 0 Å². The first-order valence-electron chi connectivity index (χ1n) is 4.64. The maximum atomic E-state index is 3.78. The highest BCUT2D eigenvalue weighted by atomic mass is 14.2. The molecule has 0 spiro atoms. The van der Waals surface area contributed by atoms with Crippen molar-refractivity contribution in [3.05, 3.63) is 24.8 Å². The number of hydrogen-bond donors (Lipinski definition) is 0. The quantitative estimate of drug-likeness (QED) is 0.540. The summed E-state index contributed by atoms with van der Waals surface area (Å²) in [6, 6.07) is 0. The van der Waals surface area contributed by atoms with E-state index in [-0.39, 0.29) is 0 Å². The highest BCUT2D eigenvalue weighted by molar-refractivity contribution is 4.96. The second kappa shape index (κ2) is 4.38. The Kier molecular flexibility index (Phi) is 3.41. The average molecular weight is 150 g/mol. The molecule has 0 heteroatoms. The zero-order valence-electron chi connectivity index (χ0n) is 7.42. The molecule has 2 atom stereocenters. The SMILES string of the molecule is C=CCC1CC=CC(CC)C1. The molecule has 0 radical (unpaired) electrons. The fourth-order valence-corrected chi connectivity index (χ4v) is 1.80. The normalized spacial score (nSPS) is 30.3. The van der Waals surface area contributed by atoms with Crippen LogP contribution in [0.4, 0.5) is 0 Å². The lowest BCUT2D eigenvalue weighted by Crippen LogP contribution is -2.09. The molecule has 1 aliphatic rings. The first-order chi connectivity index (χ1) is 5.36. The number of rotatable bonds is 3. The van der Waals surface area contributed by atoms with Gasteiger partial charge in [0.05, 0.1) is 0 Å². The summed E-state index contributed by atoms with van der Waals surface area (Å²) in [4.78, 5) is 0. The van der Waals surface area contributed by atoms with Gasteiger partial charge in [-0.1, -0.05) is 25.2 Å². The average Bonchev–Trinajstić information content (AvgIpc) is 2.06. The van der Waals surface area contributed by atoms with Gasteiger partial charge in [-0.2, -0.15) is 0 Å². The first kappa shape index (κ1) is 8.58. The molecule has 0 saturated carbocycles. The van der Waals surface area contributed by atoms with Crippen molar-refractivity contribution in [1.29, 1.82) is 0 Å². The zero-order chi connectivity index (χ0) is 8.10. The van der Waals surface area contributed by atoms with E-state index in [1.165, 1.54) is 25.7 Å². The molecule has 1 aliphatic carbocycles. The van der Waals surface area contributed by atoms with Gasteiger partial charge in [-0.3, -0.25) is 0 Å². The lowest BCUT2D eigenvalue weighted by atomic mass is 9.83. The Bertz CT molecular complexity index is 144. The van der Waals surface area contributed by atoms with Crippen molar-refractivity contribution < 1.29 is 0 Å². The molecule has 0 amide bonds. The van der Waals surface area contributed by atoms with Gasteiger partial charge in [0, 0.05) is 0 Å². The minimum absolute atomic E-state index is 0.841. The standard InChI is InChI=1S/C11H18/c1-3-6-11-8-5-7-10(4-2)9-11/h3,5,7,10-11H,1,4,6,8-9H2,2H3. The first-order valence-corrected chi connectivity index (χ1v) is 4.64. The molecular weight excluding hydrogens is 132 g/mol. The van der Waals surface area contributed by atoms with Crippen molar-refractivity contribution in [2.45, 2.75) is 32.6 Å². The molecule has 62 valence electrons. The molecule has 0 aliphatic heterocycles. The summed E-state index contributed by atoms with van der Waals surface area (Å²) in [7, 11) is 0. The lowest BCUT2D eigenvalue weighted by molar-refractivity contribution is 0.395. The predicted molar refractivity (Wildman–Crippen MR) is 50.5 cm³/mol. The Morgan fingerprint density at radius 2 is 2.45 bits per heavy atom. The Hall–Kier alpha value is -0.520. The van der Waals surface area contributed by atoms with Crippen molar-refractivity contribution in [3.8, 4) is 0 Å². The summed E-state index contributed by atoms with van der Waals surface area (Å²) in [6.45, 7) is 6.05. The van der Waals surface area contributed by atoms with Crippen molar-refractivity contribution in [3.63, 3.8) is 0 Å². The second-order valence-corrected chi connectivity index (χ2v) is 3.46. The molecule has 1 rings (SSSR count). The smallest absolute Gasteiger partial charge is 0.0233 e. The predicted octanol–water partition coefficient (Wildman–Crippen LogP) is 3.55. The topological polar surface area (TPSA) is 0 Å². The van der Waals surface area contributed by atoms with Crippen LogP contribution in [-0.2, 0) is 0 Å². The number of hydrogen-bond acceptors (Lipinski definition) is 0. The van der Waals surface area contributed by atoms with Gasteiger partial charge in [-0.15, -0.1) is 6.58 Å². The summed E-state index contributed by atoms with van der Waals surface area (Å²) in [5.74, 6) is 1.72. The minimum Gasteiger partial charge on any atom is -0.103 e. The maximum absolute atomic E-state index is 3.78. The molecule has 2 unspecified atom stereocenters. The largest absolute Gasteiger partial charge is 0.103 e. The van der Waals surface area contributed by atoms with Gasteiger partial charge in [0.1, 0.15) is 0 Å². The van der Waals surface area contributed by atoms with E-state index in [2.05, 4.69) is 31.7 Å². The van der Waals surface area contributed by atoms with E-state index in [0.29, 0.717) is 0 Å². The molecule has 0 heterocycles. The molecule has 0 aromatic heterocycles. The molecular formula is C11H18. The van der Waals surface area contributed by atoms with Crippen LogP contribution < -0.4 is 0 Å². The molecule has 0 bridgehead atoms. The van der Waals surface area contributed by atoms with Gasteiger partial charge < -0.3 is 0 Å². The van der Waals surface area contributed by atoms with Crippen LogP contribution in [0.3, 0.4) is 0 Å². The van der Waals surface area contributed by atoms with Crippen LogP contribution in [0.25, 0.3) is 0 Å². The summed E-state index contributed by atoms with van der Waals surface area (Å²) < 4.78 is 0. The van der Waals surface area contributed by atoms with E-state index in [0.717, 1.165) is 11.8 Å². The molecule has 0 fully saturated rings. The van der Waals surface area contributed by atoms with Gasteiger partial charge in [-0.05, 0) is 37.5 Å². The second-order valence-electron chi connectivity index (χ2n) is 3.46. The fraction of sp³-hybridized carbons (Fsp3) is 0.636. The van der Waals surface area contributed by atoms with Gasteiger partial charge in [0.15, 0.2) is 0 Å². The van der Waals surface area contributed by atoms with E-state index < -0.39 is 0 Å². The van der Waals surface area contributed by atoms with Crippen LogP contribution in [0.1, 0.15) is 32.6 Å². The summed E-state index contributed by atoms with van der Waals surface area (Å²) >= 11 is 0. The Morgan fingerprint density at radius 3 is 3.09 bits per heavy atom. The summed E-state index contributed by atoms with van der Waals surface area (Å²) in [5.41, 5.74) is 0. The van der Waals surface area contributed by atoms with Crippen LogP contribution in [0.2, 0.25) is 0 Å². The van der Waals surface area contributed by atoms with Crippen molar-refractivity contribution in [2.75, 3.05) is 0 Å². The van der Waals surface area contributed by atoms with E-state index in [1.54, 1.807) is 0 Å². The van der Waals surface area contributed by atoms with Gasteiger partial charge in [-0.25, -0.2) is 0 Å². The van der Waals surface area contributed by atoms with Crippen LogP contribution in [0, 0.1) is 11.8 Å². The third-order valence-corrected chi connectivity index (χ3v) is 2.54. The van der Waals surface area contributed by atoms with E-state index in [9.17, 15) is 0 Å². The molecule has 0 saturated heterocycles. The summed E-state index contributed by atoms with van der Waals surface area (Å²) in [5, 5.41) is 0. The van der Waals surface area contributed by atoms with E-state index in [4.69, 9.17) is 0 Å². The van der Waals surface area contributed by atoms with Crippen LogP contribution >= 0.6 is 0 Å². The molecule has 0 nitrogen and oxygen atoms in total. The summed E-state index contributed by atoms with van der Waals surface area (Å²) in [6.07, 6.45) is 11.9. The Morgan fingerprint density at radius 1 is 1.64 bits per heavy atom. The molecule has 0 N–H and O–H groups in total. The number of allylic oxidation sites excluding steroid dienone is 3. The highest BCUT2D eigenvalue weighted by Gasteiger charge is 2.14. The van der Waals surface area contributed by atoms with Crippen LogP contribution in [-0.4, -0.2) is 0 Å². The van der Waals surface area contributed by atoms with Gasteiger partial charge in [0.2, 0.25) is 0 Å².